The minimum absolute atomic E-state index is 0.0492. The molecule has 0 heterocycles. The van der Waals surface area contributed by atoms with Crippen LogP contribution in [0.4, 0.5) is 4.39 Å². The van der Waals surface area contributed by atoms with Crippen molar-refractivity contribution in [2.45, 2.75) is 50.5 Å². The Bertz CT molecular complexity index is 1250. The molecule has 3 atom stereocenters. The number of methoxy groups -OCH3 is 1. The number of halogens is 2. The molecule has 2 aliphatic rings. The lowest BCUT2D eigenvalue weighted by Crippen LogP contribution is -2.56. The van der Waals surface area contributed by atoms with E-state index >= 15 is 0 Å². The van der Waals surface area contributed by atoms with Crippen LogP contribution < -0.4 is 14.8 Å². The molecule has 216 valence electrons. The Labute approximate surface area is 246 Å². The highest BCUT2D eigenvalue weighted by atomic mass is 127. The molecule has 2 amide bonds. The molecule has 1 fully saturated rings. The fourth-order valence-electron chi connectivity index (χ4n) is 4.84. The average Bonchev–Trinajstić information content (AvgIpc) is 3.80. The lowest BCUT2D eigenvalue weighted by molar-refractivity contribution is -0.139. The first-order valence-corrected chi connectivity index (χ1v) is 14.3. The van der Waals surface area contributed by atoms with Gasteiger partial charge in [0.1, 0.15) is 18.0 Å². The smallest absolute Gasteiger partial charge is 0.247 e. The van der Waals surface area contributed by atoms with E-state index in [0.29, 0.717) is 38.2 Å². The van der Waals surface area contributed by atoms with Gasteiger partial charge in [-0.1, -0.05) is 12.1 Å². The molecule has 0 saturated heterocycles. The van der Waals surface area contributed by atoms with E-state index in [9.17, 15) is 29.3 Å². The summed E-state index contributed by atoms with van der Waals surface area (Å²) in [7, 11) is 1.46. The molecule has 0 aromatic heterocycles. The number of amides is 2. The molecule has 0 radical (unpaired) electrons. The van der Waals surface area contributed by atoms with E-state index in [1.165, 1.54) is 25.3 Å². The van der Waals surface area contributed by atoms with Gasteiger partial charge in [0.05, 0.1) is 29.9 Å². The van der Waals surface area contributed by atoms with E-state index in [1.807, 2.05) is 22.6 Å². The number of aliphatic hydroxyl groups is 3. The van der Waals surface area contributed by atoms with Gasteiger partial charge in [-0.25, -0.2) is 4.39 Å². The van der Waals surface area contributed by atoms with Crippen molar-refractivity contribution in [3.63, 3.8) is 0 Å². The first kappa shape index (κ1) is 30.2. The highest BCUT2D eigenvalue weighted by molar-refractivity contribution is 14.1. The summed E-state index contributed by atoms with van der Waals surface area (Å²) < 4.78 is 26.2. The number of rotatable bonds is 12. The molecule has 0 aliphatic heterocycles. The van der Waals surface area contributed by atoms with Crippen molar-refractivity contribution >= 4 is 34.4 Å². The van der Waals surface area contributed by atoms with Crippen molar-refractivity contribution in [2.75, 3.05) is 26.8 Å². The fourth-order valence-corrected chi connectivity index (χ4v) is 5.63. The third-order valence-electron chi connectivity index (χ3n) is 7.08. The van der Waals surface area contributed by atoms with Crippen LogP contribution in [-0.4, -0.2) is 77.1 Å². The first-order valence-electron chi connectivity index (χ1n) is 13.2. The number of hydrogen-bond donors (Lipinski definition) is 4. The van der Waals surface area contributed by atoms with Crippen molar-refractivity contribution < 1.29 is 38.8 Å². The summed E-state index contributed by atoms with van der Waals surface area (Å²) in [5.41, 5.74) is 1.65. The molecule has 2 aliphatic carbocycles. The average molecular weight is 669 g/mol. The Morgan fingerprint density at radius 2 is 1.95 bits per heavy atom. The number of carbonyl (C=O) groups is 2. The number of carbonyl (C=O) groups excluding carboxylic acids is 2. The van der Waals surface area contributed by atoms with Crippen molar-refractivity contribution in [3.8, 4) is 11.5 Å². The Morgan fingerprint density at radius 3 is 2.60 bits per heavy atom. The van der Waals surface area contributed by atoms with E-state index in [2.05, 4.69) is 5.32 Å². The van der Waals surface area contributed by atoms with Crippen molar-refractivity contribution in [3.05, 3.63) is 68.6 Å². The second kappa shape index (κ2) is 13.7. The van der Waals surface area contributed by atoms with Crippen LogP contribution in [0.5, 0.6) is 11.5 Å². The second-order valence-corrected chi connectivity index (χ2v) is 11.1. The number of nitrogens with one attached hydrogen (secondary N) is 1. The van der Waals surface area contributed by atoms with Gasteiger partial charge in [0.25, 0.3) is 0 Å². The van der Waals surface area contributed by atoms with E-state index in [-0.39, 0.29) is 50.4 Å². The molecule has 0 spiro atoms. The minimum Gasteiger partial charge on any atom is -0.493 e. The third-order valence-corrected chi connectivity index (χ3v) is 7.88. The summed E-state index contributed by atoms with van der Waals surface area (Å²) in [6, 6.07) is 8.74. The van der Waals surface area contributed by atoms with E-state index in [1.54, 1.807) is 29.2 Å². The summed E-state index contributed by atoms with van der Waals surface area (Å²) in [4.78, 5) is 28.1. The molecule has 0 bridgehead atoms. The number of benzene rings is 2. The van der Waals surface area contributed by atoms with E-state index in [0.717, 1.165) is 12.8 Å². The maximum Gasteiger partial charge on any atom is 0.247 e. The van der Waals surface area contributed by atoms with Crippen molar-refractivity contribution in [1.82, 2.24) is 10.2 Å². The van der Waals surface area contributed by atoms with Crippen LogP contribution in [0, 0.1) is 15.3 Å². The van der Waals surface area contributed by atoms with Gasteiger partial charge in [0, 0.05) is 31.0 Å². The van der Waals surface area contributed by atoms with Gasteiger partial charge >= 0.3 is 0 Å². The zero-order valence-electron chi connectivity index (χ0n) is 22.2. The molecule has 4 N–H and O–H groups in total. The van der Waals surface area contributed by atoms with Gasteiger partial charge in [0.15, 0.2) is 11.5 Å². The maximum absolute atomic E-state index is 13.8. The Balaban J connectivity index is 1.67. The highest BCUT2D eigenvalue weighted by Gasteiger charge is 2.44. The number of aliphatic hydroxyl groups excluding tert-OH is 3. The Kier molecular flexibility index (Phi) is 10.4. The van der Waals surface area contributed by atoms with E-state index < -0.39 is 24.2 Å². The zero-order valence-corrected chi connectivity index (χ0v) is 24.3. The van der Waals surface area contributed by atoms with Crippen LogP contribution >= 0.6 is 22.6 Å². The second-order valence-electron chi connectivity index (χ2n) is 9.97. The molecule has 40 heavy (non-hydrogen) atoms. The molecule has 9 nitrogen and oxygen atoms in total. The third kappa shape index (κ3) is 7.31. The van der Waals surface area contributed by atoms with Gasteiger partial charge in [-0.2, -0.15) is 0 Å². The van der Waals surface area contributed by atoms with Gasteiger partial charge < -0.3 is 35.0 Å². The molecular weight excluding hydrogens is 634 g/mol. The van der Waals surface area contributed by atoms with Crippen LogP contribution in [0.3, 0.4) is 0 Å². The SMILES string of the molecule is COc1cc(CO)cc(I)c1O[C@H]1C=C(C(=O)NCCO)C[C@@H](N(CCc2cccc(F)c2)C(=O)C2CC2)[C@@H]1O. The molecule has 1 saturated carbocycles. The molecule has 2 aromatic rings. The van der Waals surface area contributed by atoms with Gasteiger partial charge in [-0.15, -0.1) is 0 Å². The fraction of sp³-hybridized carbons (Fsp3) is 0.448. The summed E-state index contributed by atoms with van der Waals surface area (Å²) in [5, 5.41) is 33.0. The highest BCUT2D eigenvalue weighted by Crippen LogP contribution is 2.38. The lowest BCUT2D eigenvalue weighted by atomic mass is 9.87. The number of hydrogen-bond acceptors (Lipinski definition) is 7. The maximum atomic E-state index is 13.8. The van der Waals surface area contributed by atoms with Crippen LogP contribution in [0.2, 0.25) is 0 Å². The molecule has 4 rings (SSSR count). The van der Waals surface area contributed by atoms with Gasteiger partial charge in [-0.05, 0) is 83.3 Å². The predicted molar refractivity (Wildman–Crippen MR) is 153 cm³/mol. The number of ether oxygens (including phenoxy) is 2. The topological polar surface area (TPSA) is 129 Å². The standard InChI is InChI=1S/C29H34FIN2O7/c1-39-25-13-18(16-35)12-22(31)27(25)40-24-15-20(28(37)32-8-10-34)14-23(26(24)36)33(29(38)19-5-6-19)9-7-17-3-2-4-21(30)11-17/h2-4,11-13,15,19,23-24,26,34-36H,5-10,14,16H2,1H3,(H,32,37)/t23-,24+,26+/m1/s1. The first-order chi connectivity index (χ1) is 19.2. The predicted octanol–water partition coefficient (Wildman–Crippen LogP) is 2.33. The van der Waals surface area contributed by atoms with Crippen molar-refractivity contribution in [1.29, 1.82) is 0 Å². The van der Waals surface area contributed by atoms with Crippen LogP contribution in [0.15, 0.2) is 48.0 Å². The monoisotopic (exact) mass is 668 g/mol. The zero-order chi connectivity index (χ0) is 28.8. The molecule has 11 heteroatoms. The van der Waals surface area contributed by atoms with E-state index in [4.69, 9.17) is 9.47 Å². The summed E-state index contributed by atoms with van der Waals surface area (Å²) in [6.07, 6.45) is 1.29. The number of nitrogens with zero attached hydrogens (tertiary/aromatic N) is 1. The summed E-state index contributed by atoms with van der Waals surface area (Å²) in [5.74, 6) is -0.386. The van der Waals surface area contributed by atoms with Gasteiger partial charge in [0.2, 0.25) is 11.8 Å². The van der Waals surface area contributed by atoms with Gasteiger partial charge in [-0.3, -0.25) is 9.59 Å². The minimum atomic E-state index is -1.19. The largest absolute Gasteiger partial charge is 0.493 e. The Morgan fingerprint density at radius 1 is 1.18 bits per heavy atom. The van der Waals surface area contributed by atoms with Crippen molar-refractivity contribution in [2.24, 2.45) is 5.92 Å². The molecule has 0 unspecified atom stereocenters. The lowest BCUT2D eigenvalue weighted by Gasteiger charge is -2.41. The van der Waals surface area contributed by atoms with Crippen LogP contribution in [0.25, 0.3) is 0 Å². The molecule has 2 aromatic carbocycles. The summed E-state index contributed by atoms with van der Waals surface area (Å²) >= 11 is 2.05. The normalized spacial score (nSPS) is 20.4. The summed E-state index contributed by atoms with van der Waals surface area (Å²) in [6.45, 7) is -0.157. The van der Waals surface area contributed by atoms with Crippen LogP contribution in [0.1, 0.15) is 30.4 Å². The molecular formula is C29H34FIN2O7. The Hall–Kier alpha value is -2.74. The van der Waals surface area contributed by atoms with Crippen LogP contribution in [-0.2, 0) is 22.6 Å². The quantitative estimate of drug-likeness (QED) is 0.256.